The Morgan fingerprint density at radius 2 is 1.86 bits per heavy atom. The van der Waals surface area contributed by atoms with Gasteiger partial charge in [0.2, 0.25) is 15.9 Å². The molecule has 0 bridgehead atoms. The smallest absolute Gasteiger partial charge is 0.243 e. The first-order valence-corrected chi connectivity index (χ1v) is 13.1. The summed E-state index contributed by atoms with van der Waals surface area (Å²) in [6.45, 7) is 4.36. The van der Waals surface area contributed by atoms with Gasteiger partial charge in [0, 0.05) is 44.0 Å². The zero-order valence-corrected chi connectivity index (χ0v) is 21.4. The number of rotatable bonds is 7. The number of hydrogen-bond acceptors (Lipinski definition) is 5. The van der Waals surface area contributed by atoms with Gasteiger partial charge in [-0.2, -0.15) is 4.31 Å². The van der Waals surface area contributed by atoms with Crippen molar-refractivity contribution in [3.05, 3.63) is 77.4 Å². The number of nitrogens with zero attached hydrogens (tertiary/aromatic N) is 3. The minimum absolute atomic E-state index is 0.118. The summed E-state index contributed by atoms with van der Waals surface area (Å²) in [5.74, 6) is 0.943. The number of nitrogens with one attached hydrogen (secondary N) is 1. The average molecular weight is 497 g/mol. The van der Waals surface area contributed by atoms with Gasteiger partial charge in [0.05, 0.1) is 12.0 Å². The Bertz CT molecular complexity index is 1310. The Morgan fingerprint density at radius 1 is 1.14 bits per heavy atom. The standard InChI is InChI=1S/C26H32N4O4S/c1-18-9-10-23(19(2)17-18)35(32,33)30-14-11-20(12-15-30)26(31)28-24(25-27-13-16-29(25)3)21-7-5-6-8-22(21)34-4/h5-10,13,16-17,20,24H,11-12,14-15H2,1-4H3,(H,28,31)/t24-/m1/s1. The molecule has 0 radical (unpaired) electrons. The van der Waals surface area contributed by atoms with E-state index < -0.39 is 16.1 Å². The van der Waals surface area contributed by atoms with E-state index in [0.29, 0.717) is 42.4 Å². The van der Waals surface area contributed by atoms with Gasteiger partial charge in [0.1, 0.15) is 17.6 Å². The molecule has 1 fully saturated rings. The second-order valence-corrected chi connectivity index (χ2v) is 10.9. The van der Waals surface area contributed by atoms with E-state index in [-0.39, 0.29) is 11.8 Å². The van der Waals surface area contributed by atoms with Crippen LogP contribution in [-0.2, 0) is 21.9 Å². The average Bonchev–Trinajstić information content (AvgIpc) is 3.27. The summed E-state index contributed by atoms with van der Waals surface area (Å²) in [5, 5.41) is 3.15. The Kier molecular flexibility index (Phi) is 7.28. The van der Waals surface area contributed by atoms with Crippen molar-refractivity contribution in [2.24, 2.45) is 13.0 Å². The minimum Gasteiger partial charge on any atom is -0.496 e. The minimum atomic E-state index is -3.60. The number of ether oxygens (including phenoxy) is 1. The lowest BCUT2D eigenvalue weighted by atomic mass is 9.96. The zero-order chi connectivity index (χ0) is 25.2. The second kappa shape index (κ2) is 10.2. The quantitative estimate of drug-likeness (QED) is 0.542. The van der Waals surface area contributed by atoms with Crippen molar-refractivity contribution in [1.82, 2.24) is 19.2 Å². The van der Waals surface area contributed by atoms with Crippen LogP contribution in [0.25, 0.3) is 0 Å². The van der Waals surface area contributed by atoms with E-state index in [0.717, 1.165) is 16.7 Å². The molecule has 1 atom stereocenters. The first-order chi connectivity index (χ1) is 16.7. The Labute approximate surface area is 207 Å². The highest BCUT2D eigenvalue weighted by Gasteiger charge is 2.34. The molecule has 9 heteroatoms. The lowest BCUT2D eigenvalue weighted by molar-refractivity contribution is -0.126. The highest BCUT2D eigenvalue weighted by atomic mass is 32.2. The van der Waals surface area contributed by atoms with Gasteiger partial charge in [0.15, 0.2) is 0 Å². The van der Waals surface area contributed by atoms with Gasteiger partial charge < -0.3 is 14.6 Å². The third-order valence-electron chi connectivity index (χ3n) is 6.63. The van der Waals surface area contributed by atoms with Crippen molar-refractivity contribution < 1.29 is 17.9 Å². The maximum absolute atomic E-state index is 13.3. The molecule has 1 aromatic heterocycles. The van der Waals surface area contributed by atoms with E-state index in [2.05, 4.69) is 10.3 Å². The number of hydrogen-bond donors (Lipinski definition) is 1. The Morgan fingerprint density at radius 3 is 2.49 bits per heavy atom. The highest BCUT2D eigenvalue weighted by molar-refractivity contribution is 7.89. The number of carbonyl (C=O) groups excluding carboxylic acids is 1. The van der Waals surface area contributed by atoms with Gasteiger partial charge in [0.25, 0.3) is 0 Å². The van der Waals surface area contributed by atoms with E-state index in [1.165, 1.54) is 4.31 Å². The third-order valence-corrected chi connectivity index (χ3v) is 8.69. The summed E-state index contributed by atoms with van der Waals surface area (Å²) < 4.78 is 35.3. The van der Waals surface area contributed by atoms with Crippen LogP contribution in [0.15, 0.2) is 59.8 Å². The van der Waals surface area contributed by atoms with E-state index in [1.54, 1.807) is 19.4 Å². The third kappa shape index (κ3) is 5.11. The van der Waals surface area contributed by atoms with E-state index in [9.17, 15) is 13.2 Å². The van der Waals surface area contributed by atoms with Gasteiger partial charge >= 0.3 is 0 Å². The molecule has 0 spiro atoms. The SMILES string of the molecule is COc1ccccc1[C@@H](NC(=O)C1CCN(S(=O)(=O)c2ccc(C)cc2C)CC1)c1nccn1C. The molecule has 2 heterocycles. The van der Waals surface area contributed by atoms with Crippen LogP contribution in [0.5, 0.6) is 5.75 Å². The van der Waals surface area contributed by atoms with Crippen LogP contribution in [0.4, 0.5) is 0 Å². The fourth-order valence-corrected chi connectivity index (χ4v) is 6.36. The summed E-state index contributed by atoms with van der Waals surface area (Å²) >= 11 is 0. The van der Waals surface area contributed by atoms with Crippen LogP contribution in [0.2, 0.25) is 0 Å². The summed E-state index contributed by atoms with van der Waals surface area (Å²) in [6.07, 6.45) is 4.44. The fraction of sp³-hybridized carbons (Fsp3) is 0.385. The van der Waals surface area contributed by atoms with Gasteiger partial charge in [-0.05, 0) is 44.4 Å². The van der Waals surface area contributed by atoms with Crippen LogP contribution in [0.1, 0.15) is 41.4 Å². The largest absolute Gasteiger partial charge is 0.496 e. The first kappa shape index (κ1) is 24.9. The number of carbonyl (C=O) groups is 1. The zero-order valence-electron chi connectivity index (χ0n) is 20.6. The molecule has 186 valence electrons. The number of para-hydroxylation sites is 1. The molecule has 0 aliphatic carbocycles. The predicted molar refractivity (Wildman–Crippen MR) is 134 cm³/mol. The van der Waals surface area contributed by atoms with Gasteiger partial charge in [-0.3, -0.25) is 4.79 Å². The molecule has 1 saturated heterocycles. The topological polar surface area (TPSA) is 93.5 Å². The van der Waals surface area contributed by atoms with Crippen molar-refractivity contribution in [1.29, 1.82) is 0 Å². The van der Waals surface area contributed by atoms with Crippen molar-refractivity contribution in [2.75, 3.05) is 20.2 Å². The summed E-state index contributed by atoms with van der Waals surface area (Å²) in [6, 6.07) is 12.4. The molecule has 0 unspecified atom stereocenters. The molecular formula is C26H32N4O4S. The number of sulfonamides is 1. The molecule has 0 saturated carbocycles. The first-order valence-electron chi connectivity index (χ1n) is 11.7. The molecular weight excluding hydrogens is 464 g/mol. The van der Waals surface area contributed by atoms with Gasteiger partial charge in [-0.1, -0.05) is 35.9 Å². The maximum atomic E-state index is 13.3. The molecule has 1 amide bonds. The number of aromatic nitrogens is 2. The molecule has 4 rings (SSSR count). The molecule has 1 aliphatic rings. The van der Waals surface area contributed by atoms with Gasteiger partial charge in [-0.15, -0.1) is 0 Å². The second-order valence-electron chi connectivity index (χ2n) is 9.03. The van der Waals surface area contributed by atoms with Crippen LogP contribution in [0, 0.1) is 19.8 Å². The van der Waals surface area contributed by atoms with Crippen molar-refractivity contribution in [2.45, 2.75) is 37.6 Å². The van der Waals surface area contributed by atoms with Gasteiger partial charge in [-0.25, -0.2) is 13.4 Å². The number of imidazole rings is 1. The molecule has 1 aliphatic heterocycles. The van der Waals surface area contributed by atoms with E-state index in [4.69, 9.17) is 4.74 Å². The van der Waals surface area contributed by atoms with Crippen LogP contribution in [-0.4, -0.2) is 48.4 Å². The summed E-state index contributed by atoms with van der Waals surface area (Å²) in [5.41, 5.74) is 2.57. The molecule has 35 heavy (non-hydrogen) atoms. The Hall–Kier alpha value is -3.17. The highest BCUT2D eigenvalue weighted by Crippen LogP contribution is 2.31. The monoisotopic (exact) mass is 496 g/mol. The van der Waals surface area contributed by atoms with Crippen LogP contribution in [0.3, 0.4) is 0 Å². The lowest BCUT2D eigenvalue weighted by Gasteiger charge is -2.32. The Balaban J connectivity index is 1.50. The number of methoxy groups -OCH3 is 1. The fourth-order valence-electron chi connectivity index (χ4n) is 4.69. The molecule has 2 aromatic carbocycles. The van der Waals surface area contributed by atoms with Crippen LogP contribution >= 0.6 is 0 Å². The lowest BCUT2D eigenvalue weighted by Crippen LogP contribution is -2.44. The van der Waals surface area contributed by atoms with E-state index >= 15 is 0 Å². The number of benzene rings is 2. The maximum Gasteiger partial charge on any atom is 0.243 e. The molecule has 3 aromatic rings. The van der Waals surface area contributed by atoms with Crippen molar-refractivity contribution in [3.63, 3.8) is 0 Å². The molecule has 1 N–H and O–H groups in total. The van der Waals surface area contributed by atoms with E-state index in [1.807, 2.05) is 68.1 Å². The summed E-state index contributed by atoms with van der Waals surface area (Å²) in [7, 11) is -0.121. The van der Waals surface area contributed by atoms with Crippen molar-refractivity contribution in [3.8, 4) is 5.75 Å². The summed E-state index contributed by atoms with van der Waals surface area (Å²) in [4.78, 5) is 18.1. The normalized spacial score (nSPS) is 16.1. The van der Waals surface area contributed by atoms with Crippen molar-refractivity contribution >= 4 is 15.9 Å². The number of amides is 1. The number of aryl methyl sites for hydroxylation is 3. The number of piperidine rings is 1. The predicted octanol–water partition coefficient (Wildman–Crippen LogP) is 3.35. The van der Waals surface area contributed by atoms with Crippen LogP contribution < -0.4 is 10.1 Å². The molecule has 8 nitrogen and oxygen atoms in total.